The van der Waals surface area contributed by atoms with Gasteiger partial charge in [0.2, 0.25) is 5.91 Å². The van der Waals surface area contributed by atoms with Gasteiger partial charge in [0.15, 0.2) is 0 Å². The van der Waals surface area contributed by atoms with Gasteiger partial charge in [-0.05, 0) is 24.6 Å². The van der Waals surface area contributed by atoms with Gasteiger partial charge in [-0.1, -0.05) is 30.3 Å². The van der Waals surface area contributed by atoms with E-state index >= 15 is 0 Å². The standard InChI is InChI=1S/C16H17NO2S/c1-12-7-8-14(19-12)16-17(15(18)9-10-20-16)11-13-5-3-2-4-6-13/h2-8,16H,9-11H2,1H3. The van der Waals surface area contributed by atoms with Crippen LogP contribution in [0.2, 0.25) is 0 Å². The fraction of sp³-hybridized carbons (Fsp3) is 0.312. The van der Waals surface area contributed by atoms with E-state index in [9.17, 15) is 4.79 Å². The van der Waals surface area contributed by atoms with Crippen molar-refractivity contribution in [2.75, 3.05) is 5.75 Å². The number of carbonyl (C=O) groups excluding carboxylic acids is 1. The molecule has 0 N–H and O–H groups in total. The summed E-state index contributed by atoms with van der Waals surface area (Å²) in [4.78, 5) is 14.2. The number of amides is 1. The predicted molar refractivity (Wildman–Crippen MR) is 80.3 cm³/mol. The molecule has 4 heteroatoms. The van der Waals surface area contributed by atoms with Crippen molar-refractivity contribution in [1.29, 1.82) is 0 Å². The fourth-order valence-corrected chi connectivity index (χ4v) is 3.57. The van der Waals surface area contributed by atoms with Crippen LogP contribution in [-0.2, 0) is 11.3 Å². The largest absolute Gasteiger partial charge is 0.463 e. The summed E-state index contributed by atoms with van der Waals surface area (Å²) in [5, 5.41) is -0.00911. The lowest BCUT2D eigenvalue weighted by atomic mass is 10.2. The molecule has 1 saturated heterocycles. The van der Waals surface area contributed by atoms with E-state index in [2.05, 4.69) is 12.1 Å². The van der Waals surface area contributed by atoms with Crippen LogP contribution in [0.4, 0.5) is 0 Å². The number of hydrogen-bond acceptors (Lipinski definition) is 3. The molecule has 2 heterocycles. The highest BCUT2D eigenvalue weighted by molar-refractivity contribution is 7.99. The summed E-state index contributed by atoms with van der Waals surface area (Å²) in [6, 6.07) is 14.0. The normalized spacial score (nSPS) is 19.4. The second kappa shape index (κ2) is 5.75. The number of rotatable bonds is 3. The first-order chi connectivity index (χ1) is 9.74. The summed E-state index contributed by atoms with van der Waals surface area (Å²) in [5.41, 5.74) is 1.15. The molecule has 1 unspecified atom stereocenters. The van der Waals surface area contributed by atoms with Gasteiger partial charge < -0.3 is 9.32 Å². The lowest BCUT2D eigenvalue weighted by molar-refractivity contribution is -0.133. The van der Waals surface area contributed by atoms with Crippen LogP contribution < -0.4 is 0 Å². The molecule has 0 aliphatic carbocycles. The van der Waals surface area contributed by atoms with Gasteiger partial charge in [-0.25, -0.2) is 0 Å². The van der Waals surface area contributed by atoms with Crippen molar-refractivity contribution in [3.8, 4) is 0 Å². The van der Waals surface area contributed by atoms with Gasteiger partial charge in [0.05, 0.1) is 0 Å². The highest BCUT2D eigenvalue weighted by Crippen LogP contribution is 2.38. The Morgan fingerprint density at radius 1 is 1.25 bits per heavy atom. The van der Waals surface area contributed by atoms with E-state index < -0.39 is 0 Å². The molecule has 1 amide bonds. The molecule has 0 radical (unpaired) electrons. The molecule has 1 aliphatic rings. The molecular weight excluding hydrogens is 270 g/mol. The Morgan fingerprint density at radius 3 is 2.75 bits per heavy atom. The van der Waals surface area contributed by atoms with Gasteiger partial charge in [0, 0.05) is 18.7 Å². The second-order valence-corrected chi connectivity index (χ2v) is 6.12. The monoisotopic (exact) mass is 287 g/mol. The van der Waals surface area contributed by atoms with Crippen LogP contribution >= 0.6 is 11.8 Å². The topological polar surface area (TPSA) is 33.5 Å². The van der Waals surface area contributed by atoms with E-state index in [1.54, 1.807) is 11.8 Å². The molecule has 0 saturated carbocycles. The molecular formula is C16H17NO2S. The van der Waals surface area contributed by atoms with Crippen molar-refractivity contribution in [3.05, 3.63) is 59.5 Å². The Morgan fingerprint density at radius 2 is 2.05 bits per heavy atom. The first-order valence-electron chi connectivity index (χ1n) is 6.75. The van der Waals surface area contributed by atoms with E-state index in [-0.39, 0.29) is 11.3 Å². The third-order valence-corrected chi connectivity index (χ3v) is 4.64. The summed E-state index contributed by atoms with van der Waals surface area (Å²) >= 11 is 1.77. The summed E-state index contributed by atoms with van der Waals surface area (Å²) in [5.74, 6) is 2.82. The van der Waals surface area contributed by atoms with Crippen LogP contribution in [0.3, 0.4) is 0 Å². The maximum Gasteiger partial charge on any atom is 0.224 e. The van der Waals surface area contributed by atoms with E-state index in [0.717, 1.165) is 22.8 Å². The zero-order valence-electron chi connectivity index (χ0n) is 11.4. The van der Waals surface area contributed by atoms with Crippen molar-refractivity contribution < 1.29 is 9.21 Å². The SMILES string of the molecule is Cc1ccc(C2SCCC(=O)N2Cc2ccccc2)o1. The van der Waals surface area contributed by atoms with E-state index in [4.69, 9.17) is 4.42 Å². The van der Waals surface area contributed by atoms with Crippen molar-refractivity contribution in [2.24, 2.45) is 0 Å². The summed E-state index contributed by atoms with van der Waals surface area (Å²) < 4.78 is 5.72. The second-order valence-electron chi connectivity index (χ2n) is 4.93. The molecule has 3 nitrogen and oxygen atoms in total. The third kappa shape index (κ3) is 2.75. The zero-order chi connectivity index (χ0) is 13.9. The number of benzene rings is 1. The molecule has 1 aromatic heterocycles. The molecule has 20 heavy (non-hydrogen) atoms. The summed E-state index contributed by atoms with van der Waals surface area (Å²) in [6.07, 6.45) is 0.605. The lowest BCUT2D eigenvalue weighted by Crippen LogP contribution is -2.36. The van der Waals surface area contributed by atoms with Gasteiger partial charge in [0.25, 0.3) is 0 Å². The van der Waals surface area contributed by atoms with Gasteiger partial charge in [-0.15, -0.1) is 11.8 Å². The minimum Gasteiger partial charge on any atom is -0.463 e. The Bertz CT molecular complexity index is 594. The molecule has 1 atom stereocenters. The minimum atomic E-state index is -0.00911. The number of aryl methyl sites for hydroxylation is 1. The van der Waals surface area contributed by atoms with Gasteiger partial charge in [0.1, 0.15) is 16.9 Å². The Hall–Kier alpha value is -1.68. The smallest absolute Gasteiger partial charge is 0.224 e. The molecule has 104 valence electrons. The number of hydrogen-bond donors (Lipinski definition) is 0. The van der Waals surface area contributed by atoms with E-state index in [0.29, 0.717) is 13.0 Å². The van der Waals surface area contributed by atoms with Crippen LogP contribution in [0.15, 0.2) is 46.9 Å². The molecule has 1 aromatic carbocycles. The van der Waals surface area contributed by atoms with E-state index in [1.807, 2.05) is 42.2 Å². The Labute approximate surface area is 123 Å². The maximum atomic E-state index is 12.3. The molecule has 2 aromatic rings. The van der Waals surface area contributed by atoms with Crippen molar-refractivity contribution >= 4 is 17.7 Å². The molecule has 1 aliphatic heterocycles. The molecule has 0 bridgehead atoms. The van der Waals surface area contributed by atoms with Gasteiger partial charge >= 0.3 is 0 Å². The highest BCUT2D eigenvalue weighted by atomic mass is 32.2. The van der Waals surface area contributed by atoms with Gasteiger partial charge in [-0.2, -0.15) is 0 Å². The van der Waals surface area contributed by atoms with Gasteiger partial charge in [-0.3, -0.25) is 4.79 Å². The number of thioether (sulfide) groups is 1. The number of furan rings is 1. The molecule has 0 spiro atoms. The highest BCUT2D eigenvalue weighted by Gasteiger charge is 2.31. The Kier molecular flexibility index (Phi) is 3.83. The summed E-state index contributed by atoms with van der Waals surface area (Å²) in [6.45, 7) is 2.57. The summed E-state index contributed by atoms with van der Waals surface area (Å²) in [7, 11) is 0. The fourth-order valence-electron chi connectivity index (χ4n) is 2.40. The average Bonchev–Trinajstić information content (AvgIpc) is 2.89. The van der Waals surface area contributed by atoms with Crippen LogP contribution in [0.25, 0.3) is 0 Å². The lowest BCUT2D eigenvalue weighted by Gasteiger charge is -2.34. The Balaban J connectivity index is 1.85. The first kappa shape index (κ1) is 13.3. The maximum absolute atomic E-state index is 12.3. The van der Waals surface area contributed by atoms with Crippen molar-refractivity contribution in [3.63, 3.8) is 0 Å². The quantitative estimate of drug-likeness (QED) is 0.862. The molecule has 1 fully saturated rings. The van der Waals surface area contributed by atoms with Crippen molar-refractivity contribution in [2.45, 2.75) is 25.3 Å². The van der Waals surface area contributed by atoms with Crippen LogP contribution in [0.1, 0.15) is 28.9 Å². The zero-order valence-corrected chi connectivity index (χ0v) is 12.2. The number of nitrogens with zero attached hydrogens (tertiary/aromatic N) is 1. The number of carbonyl (C=O) groups is 1. The van der Waals surface area contributed by atoms with Crippen LogP contribution in [-0.4, -0.2) is 16.6 Å². The van der Waals surface area contributed by atoms with Crippen molar-refractivity contribution in [1.82, 2.24) is 4.90 Å². The third-order valence-electron chi connectivity index (χ3n) is 3.40. The first-order valence-corrected chi connectivity index (χ1v) is 7.80. The average molecular weight is 287 g/mol. The van der Waals surface area contributed by atoms with Crippen LogP contribution in [0.5, 0.6) is 0 Å². The van der Waals surface area contributed by atoms with E-state index in [1.165, 1.54) is 0 Å². The molecule has 3 rings (SSSR count). The predicted octanol–water partition coefficient (Wildman–Crippen LogP) is 3.75. The van der Waals surface area contributed by atoms with Crippen LogP contribution in [0, 0.1) is 6.92 Å². The minimum absolute atomic E-state index is 0.00911.